The van der Waals surface area contributed by atoms with Crippen LogP contribution in [0.5, 0.6) is 5.75 Å². The smallest absolute Gasteiger partial charge is 0.246 e. The SMILES string of the molecule is COc1cc(NC(=O)[C@H](C)NC(=O)[C@H](CCCCN)NC(=O)[C@@H]2CCCN2)cc2ccccc12. The van der Waals surface area contributed by atoms with Crippen LogP contribution in [0.1, 0.15) is 39.0 Å². The van der Waals surface area contributed by atoms with Gasteiger partial charge >= 0.3 is 0 Å². The molecular formula is C25H35N5O4. The van der Waals surface area contributed by atoms with E-state index in [-0.39, 0.29) is 23.8 Å². The zero-order valence-electron chi connectivity index (χ0n) is 19.9. The summed E-state index contributed by atoms with van der Waals surface area (Å²) in [6.45, 7) is 2.92. The molecule has 0 aliphatic carbocycles. The Kier molecular flexibility index (Phi) is 9.24. The molecule has 3 amide bonds. The van der Waals surface area contributed by atoms with Crippen LogP contribution in [-0.2, 0) is 14.4 Å². The van der Waals surface area contributed by atoms with Crippen molar-refractivity contribution in [1.29, 1.82) is 0 Å². The zero-order valence-corrected chi connectivity index (χ0v) is 19.9. The third kappa shape index (κ3) is 6.68. The summed E-state index contributed by atoms with van der Waals surface area (Å²) < 4.78 is 5.46. The highest BCUT2D eigenvalue weighted by Gasteiger charge is 2.28. The van der Waals surface area contributed by atoms with Crippen molar-refractivity contribution in [3.05, 3.63) is 36.4 Å². The molecule has 3 atom stereocenters. The van der Waals surface area contributed by atoms with Crippen LogP contribution in [-0.4, -0.2) is 56.0 Å². The molecule has 34 heavy (non-hydrogen) atoms. The van der Waals surface area contributed by atoms with Crippen molar-refractivity contribution in [2.75, 3.05) is 25.5 Å². The number of benzene rings is 2. The summed E-state index contributed by atoms with van der Waals surface area (Å²) >= 11 is 0. The first-order valence-electron chi connectivity index (χ1n) is 11.8. The van der Waals surface area contributed by atoms with E-state index >= 15 is 0 Å². The van der Waals surface area contributed by atoms with Crippen molar-refractivity contribution in [2.45, 2.75) is 57.2 Å². The lowest BCUT2D eigenvalue weighted by atomic mass is 10.1. The van der Waals surface area contributed by atoms with Gasteiger partial charge in [0.05, 0.1) is 13.2 Å². The van der Waals surface area contributed by atoms with E-state index in [9.17, 15) is 14.4 Å². The quantitative estimate of drug-likeness (QED) is 0.318. The van der Waals surface area contributed by atoms with Crippen LogP contribution in [0.25, 0.3) is 10.8 Å². The normalized spacial score (nSPS) is 17.1. The number of nitrogens with one attached hydrogen (secondary N) is 4. The van der Waals surface area contributed by atoms with Gasteiger partial charge in [-0.3, -0.25) is 14.4 Å². The maximum Gasteiger partial charge on any atom is 0.246 e. The van der Waals surface area contributed by atoms with E-state index in [0.29, 0.717) is 30.8 Å². The van der Waals surface area contributed by atoms with E-state index in [1.54, 1.807) is 20.1 Å². The number of carbonyl (C=O) groups is 3. The molecule has 184 valence electrons. The predicted molar refractivity (Wildman–Crippen MR) is 133 cm³/mol. The van der Waals surface area contributed by atoms with Crippen molar-refractivity contribution in [2.24, 2.45) is 5.73 Å². The molecule has 0 aromatic heterocycles. The second-order valence-corrected chi connectivity index (χ2v) is 8.61. The summed E-state index contributed by atoms with van der Waals surface area (Å²) in [5.74, 6) is -0.295. The Labute approximate surface area is 200 Å². The van der Waals surface area contributed by atoms with Crippen LogP contribution >= 0.6 is 0 Å². The number of nitrogens with two attached hydrogens (primary N) is 1. The second kappa shape index (κ2) is 12.3. The van der Waals surface area contributed by atoms with E-state index in [1.165, 1.54) is 0 Å². The first kappa shape index (κ1) is 25.5. The molecule has 2 aromatic carbocycles. The third-order valence-electron chi connectivity index (χ3n) is 6.02. The molecule has 9 nitrogen and oxygen atoms in total. The maximum atomic E-state index is 13.0. The minimum atomic E-state index is -0.802. The van der Waals surface area contributed by atoms with Gasteiger partial charge in [0, 0.05) is 17.1 Å². The largest absolute Gasteiger partial charge is 0.496 e. The zero-order chi connectivity index (χ0) is 24.5. The molecule has 6 N–H and O–H groups in total. The highest BCUT2D eigenvalue weighted by molar-refractivity contribution is 6.01. The number of unbranched alkanes of at least 4 members (excludes halogenated alkanes) is 1. The third-order valence-corrected chi connectivity index (χ3v) is 6.02. The van der Waals surface area contributed by atoms with Gasteiger partial charge in [0.2, 0.25) is 17.7 Å². The second-order valence-electron chi connectivity index (χ2n) is 8.61. The van der Waals surface area contributed by atoms with Crippen LogP contribution in [0.2, 0.25) is 0 Å². The fourth-order valence-electron chi connectivity index (χ4n) is 4.09. The van der Waals surface area contributed by atoms with E-state index < -0.39 is 12.1 Å². The van der Waals surface area contributed by atoms with Gasteiger partial charge in [0.1, 0.15) is 17.8 Å². The van der Waals surface area contributed by atoms with Gasteiger partial charge in [0.25, 0.3) is 0 Å². The van der Waals surface area contributed by atoms with Gasteiger partial charge in [-0.15, -0.1) is 0 Å². The molecule has 1 fully saturated rings. The van der Waals surface area contributed by atoms with E-state index in [0.717, 1.165) is 36.6 Å². The Morgan fingerprint density at radius 2 is 1.94 bits per heavy atom. The van der Waals surface area contributed by atoms with Crippen molar-refractivity contribution >= 4 is 34.2 Å². The molecule has 0 spiro atoms. The summed E-state index contributed by atoms with van der Waals surface area (Å²) in [6, 6.07) is 9.51. The Morgan fingerprint density at radius 1 is 1.15 bits per heavy atom. The van der Waals surface area contributed by atoms with Crippen LogP contribution in [0.4, 0.5) is 5.69 Å². The molecule has 0 radical (unpaired) electrons. The standard InChI is InChI=1S/C25H35N5O4/c1-16(23(31)29-18-14-17-8-3-4-9-19(17)22(15-18)34-2)28-25(33)21(10-5-6-12-26)30-24(32)20-11-7-13-27-20/h3-4,8-9,14-16,20-21,27H,5-7,10-13,26H2,1-2H3,(H,28,33)(H,29,31)(H,30,32)/t16-,20-,21-/m0/s1. The van der Waals surface area contributed by atoms with Crippen LogP contribution in [0.3, 0.4) is 0 Å². The average Bonchev–Trinajstić information content (AvgIpc) is 3.38. The summed E-state index contributed by atoms with van der Waals surface area (Å²) in [6.07, 6.45) is 3.58. The van der Waals surface area contributed by atoms with Crippen molar-refractivity contribution in [3.8, 4) is 5.75 Å². The molecule has 0 saturated carbocycles. The first-order valence-corrected chi connectivity index (χ1v) is 11.8. The molecule has 0 unspecified atom stereocenters. The lowest BCUT2D eigenvalue weighted by Crippen LogP contribution is -2.54. The van der Waals surface area contributed by atoms with Crippen molar-refractivity contribution in [3.63, 3.8) is 0 Å². The molecule has 1 heterocycles. The molecule has 0 bridgehead atoms. The Morgan fingerprint density at radius 3 is 2.65 bits per heavy atom. The molecule has 1 saturated heterocycles. The summed E-state index contributed by atoms with van der Waals surface area (Å²) in [5, 5.41) is 13.4. The Balaban J connectivity index is 1.63. The Hall–Kier alpha value is -3.17. The van der Waals surface area contributed by atoms with Gasteiger partial charge in [-0.2, -0.15) is 0 Å². The number of hydrogen-bond acceptors (Lipinski definition) is 6. The van der Waals surface area contributed by atoms with Gasteiger partial charge in [-0.05, 0) is 63.6 Å². The van der Waals surface area contributed by atoms with Gasteiger partial charge in [-0.1, -0.05) is 24.3 Å². The molecule has 9 heteroatoms. The fourth-order valence-corrected chi connectivity index (χ4v) is 4.09. The molecule has 1 aliphatic rings. The van der Waals surface area contributed by atoms with Crippen LogP contribution in [0.15, 0.2) is 36.4 Å². The minimum Gasteiger partial charge on any atom is -0.496 e. The highest BCUT2D eigenvalue weighted by Crippen LogP contribution is 2.29. The van der Waals surface area contributed by atoms with E-state index in [4.69, 9.17) is 10.5 Å². The number of ether oxygens (including phenoxy) is 1. The fraction of sp³-hybridized carbons (Fsp3) is 0.480. The molecule has 2 aromatic rings. The number of hydrogen-bond donors (Lipinski definition) is 5. The number of rotatable bonds is 11. The van der Waals surface area contributed by atoms with Gasteiger partial charge < -0.3 is 31.7 Å². The van der Waals surface area contributed by atoms with Crippen LogP contribution < -0.4 is 31.7 Å². The lowest BCUT2D eigenvalue weighted by molar-refractivity contribution is -0.131. The monoisotopic (exact) mass is 469 g/mol. The van der Waals surface area contributed by atoms with E-state index in [1.807, 2.05) is 30.3 Å². The lowest BCUT2D eigenvalue weighted by Gasteiger charge is -2.23. The first-order chi connectivity index (χ1) is 16.4. The van der Waals surface area contributed by atoms with E-state index in [2.05, 4.69) is 21.3 Å². The van der Waals surface area contributed by atoms with Gasteiger partial charge in [-0.25, -0.2) is 0 Å². The number of amides is 3. The number of fused-ring (bicyclic) bond motifs is 1. The maximum absolute atomic E-state index is 13.0. The summed E-state index contributed by atoms with van der Waals surface area (Å²) in [5.41, 5.74) is 6.15. The number of anilines is 1. The molecular weight excluding hydrogens is 434 g/mol. The van der Waals surface area contributed by atoms with Crippen molar-refractivity contribution in [1.82, 2.24) is 16.0 Å². The predicted octanol–water partition coefficient (Wildman–Crippen LogP) is 1.66. The summed E-state index contributed by atoms with van der Waals surface area (Å²) in [7, 11) is 1.58. The average molecular weight is 470 g/mol. The molecule has 1 aliphatic heterocycles. The topological polar surface area (TPSA) is 135 Å². The van der Waals surface area contributed by atoms with Crippen molar-refractivity contribution < 1.29 is 19.1 Å². The minimum absolute atomic E-state index is 0.189. The molecule has 3 rings (SSSR count). The Bertz CT molecular complexity index is 1010. The number of methoxy groups -OCH3 is 1. The highest BCUT2D eigenvalue weighted by atomic mass is 16.5. The van der Waals surface area contributed by atoms with Crippen LogP contribution in [0, 0.1) is 0 Å². The van der Waals surface area contributed by atoms with Gasteiger partial charge in [0.15, 0.2) is 0 Å². The number of carbonyl (C=O) groups excluding carboxylic acids is 3. The summed E-state index contributed by atoms with van der Waals surface area (Å²) in [4.78, 5) is 38.3.